The normalized spacial score (nSPS) is 10.4. The molecule has 0 radical (unpaired) electrons. The minimum Gasteiger partial charge on any atom is -0.454 e. The highest BCUT2D eigenvalue weighted by Crippen LogP contribution is 2.25. The van der Waals surface area contributed by atoms with E-state index in [4.69, 9.17) is 4.74 Å². The van der Waals surface area contributed by atoms with Crippen LogP contribution in [-0.2, 0) is 6.54 Å². The van der Waals surface area contributed by atoms with Crippen LogP contribution >= 0.6 is 0 Å². The molecular formula is C14H15FN2O. The first kappa shape index (κ1) is 12.5. The van der Waals surface area contributed by atoms with Crippen LogP contribution in [0.5, 0.6) is 11.5 Å². The van der Waals surface area contributed by atoms with E-state index in [2.05, 4.69) is 10.3 Å². The number of halogens is 1. The molecule has 0 bridgehead atoms. The van der Waals surface area contributed by atoms with Gasteiger partial charge in [0, 0.05) is 18.8 Å². The number of aryl methyl sites for hydroxylation is 1. The Bertz CT molecular complexity index is 543. The summed E-state index contributed by atoms with van der Waals surface area (Å²) in [5, 5.41) is 3.00. The quantitative estimate of drug-likeness (QED) is 0.900. The molecule has 1 N–H and O–H groups in total. The Hall–Kier alpha value is -1.94. The fourth-order valence-electron chi connectivity index (χ4n) is 1.61. The van der Waals surface area contributed by atoms with Crippen molar-refractivity contribution in [2.24, 2.45) is 0 Å². The summed E-state index contributed by atoms with van der Waals surface area (Å²) in [7, 11) is 1.84. The highest BCUT2D eigenvalue weighted by molar-refractivity contribution is 5.34. The molecular weight excluding hydrogens is 231 g/mol. The van der Waals surface area contributed by atoms with Crippen LogP contribution in [0.25, 0.3) is 0 Å². The van der Waals surface area contributed by atoms with Gasteiger partial charge in [0.2, 0.25) is 0 Å². The molecule has 0 fully saturated rings. The smallest absolute Gasteiger partial charge is 0.165 e. The number of nitrogens with zero attached hydrogens (tertiary/aromatic N) is 1. The molecule has 0 aliphatic carbocycles. The zero-order chi connectivity index (χ0) is 13.0. The molecule has 0 amide bonds. The molecule has 0 saturated heterocycles. The Morgan fingerprint density at radius 3 is 2.89 bits per heavy atom. The summed E-state index contributed by atoms with van der Waals surface area (Å²) in [6, 6.07) is 8.29. The maximum absolute atomic E-state index is 13.6. The highest BCUT2D eigenvalue weighted by atomic mass is 19.1. The summed E-state index contributed by atoms with van der Waals surface area (Å²) in [5.41, 5.74) is 1.80. The first-order valence-electron chi connectivity index (χ1n) is 5.72. The van der Waals surface area contributed by atoms with Gasteiger partial charge in [0.15, 0.2) is 11.6 Å². The summed E-state index contributed by atoms with van der Waals surface area (Å²) in [5.74, 6) is 0.448. The second kappa shape index (κ2) is 5.60. The average molecular weight is 246 g/mol. The topological polar surface area (TPSA) is 34.1 Å². The molecule has 0 unspecified atom stereocenters. The predicted octanol–water partition coefficient (Wildman–Crippen LogP) is 3.04. The van der Waals surface area contributed by atoms with E-state index in [9.17, 15) is 4.39 Å². The van der Waals surface area contributed by atoms with Crippen molar-refractivity contribution in [1.82, 2.24) is 10.3 Å². The standard InChI is InChI=1S/C14H15FN2O/c1-10-3-4-13(15)14(7-10)18-12-5-6-17-11(8-12)9-16-2/h3-8,16H,9H2,1-2H3. The third-order valence-electron chi connectivity index (χ3n) is 2.46. The molecule has 0 aliphatic heterocycles. The van der Waals surface area contributed by atoms with Crippen molar-refractivity contribution in [3.8, 4) is 11.5 Å². The van der Waals surface area contributed by atoms with E-state index >= 15 is 0 Å². The number of benzene rings is 1. The lowest BCUT2D eigenvalue weighted by Crippen LogP contribution is -2.06. The van der Waals surface area contributed by atoms with E-state index in [0.717, 1.165) is 11.3 Å². The second-order valence-corrected chi connectivity index (χ2v) is 4.05. The molecule has 0 atom stereocenters. The summed E-state index contributed by atoms with van der Waals surface area (Å²) in [6.07, 6.45) is 1.65. The lowest BCUT2D eigenvalue weighted by Gasteiger charge is -2.08. The number of hydrogen-bond donors (Lipinski definition) is 1. The maximum atomic E-state index is 13.6. The largest absolute Gasteiger partial charge is 0.454 e. The van der Waals surface area contributed by atoms with Gasteiger partial charge in [-0.05, 0) is 37.7 Å². The van der Waals surface area contributed by atoms with Crippen LogP contribution in [-0.4, -0.2) is 12.0 Å². The van der Waals surface area contributed by atoms with E-state index in [1.54, 1.807) is 30.5 Å². The Balaban J connectivity index is 2.22. The fourth-order valence-corrected chi connectivity index (χ4v) is 1.61. The van der Waals surface area contributed by atoms with Gasteiger partial charge in [-0.1, -0.05) is 6.07 Å². The summed E-state index contributed by atoms with van der Waals surface area (Å²) in [4.78, 5) is 4.17. The van der Waals surface area contributed by atoms with Gasteiger partial charge in [0.25, 0.3) is 0 Å². The SMILES string of the molecule is CNCc1cc(Oc2cc(C)ccc2F)ccn1. The van der Waals surface area contributed by atoms with Crippen LogP contribution < -0.4 is 10.1 Å². The van der Waals surface area contributed by atoms with Crippen LogP contribution in [0.15, 0.2) is 36.5 Å². The lowest BCUT2D eigenvalue weighted by molar-refractivity contribution is 0.440. The number of ether oxygens (including phenoxy) is 1. The van der Waals surface area contributed by atoms with Gasteiger partial charge < -0.3 is 10.1 Å². The van der Waals surface area contributed by atoms with E-state index < -0.39 is 0 Å². The fraction of sp³-hybridized carbons (Fsp3) is 0.214. The number of rotatable bonds is 4. The first-order chi connectivity index (χ1) is 8.69. The maximum Gasteiger partial charge on any atom is 0.165 e. The molecule has 18 heavy (non-hydrogen) atoms. The third kappa shape index (κ3) is 3.05. The van der Waals surface area contributed by atoms with Crippen molar-refractivity contribution in [3.63, 3.8) is 0 Å². The van der Waals surface area contributed by atoms with Crippen LogP contribution in [0.2, 0.25) is 0 Å². The van der Waals surface area contributed by atoms with E-state index in [0.29, 0.717) is 12.3 Å². The van der Waals surface area contributed by atoms with Crippen molar-refractivity contribution in [2.45, 2.75) is 13.5 Å². The molecule has 3 nitrogen and oxygen atoms in total. The highest BCUT2D eigenvalue weighted by Gasteiger charge is 2.05. The molecule has 2 aromatic rings. The van der Waals surface area contributed by atoms with Gasteiger partial charge in [-0.3, -0.25) is 4.98 Å². The molecule has 1 aromatic heterocycles. The Morgan fingerprint density at radius 2 is 2.11 bits per heavy atom. The van der Waals surface area contributed by atoms with Crippen LogP contribution in [0, 0.1) is 12.7 Å². The van der Waals surface area contributed by atoms with Crippen molar-refractivity contribution >= 4 is 0 Å². The van der Waals surface area contributed by atoms with Gasteiger partial charge in [0.1, 0.15) is 5.75 Å². The molecule has 2 rings (SSSR count). The second-order valence-electron chi connectivity index (χ2n) is 4.05. The summed E-state index contributed by atoms with van der Waals surface area (Å²) < 4.78 is 19.1. The van der Waals surface area contributed by atoms with Crippen LogP contribution in [0.4, 0.5) is 4.39 Å². The van der Waals surface area contributed by atoms with Crippen molar-refractivity contribution < 1.29 is 9.13 Å². The summed E-state index contributed by atoms with van der Waals surface area (Å²) in [6.45, 7) is 2.54. The van der Waals surface area contributed by atoms with Crippen molar-refractivity contribution in [1.29, 1.82) is 0 Å². The number of nitrogens with one attached hydrogen (secondary N) is 1. The monoisotopic (exact) mass is 246 g/mol. The molecule has 4 heteroatoms. The van der Waals surface area contributed by atoms with Crippen molar-refractivity contribution in [2.75, 3.05) is 7.05 Å². The summed E-state index contributed by atoms with van der Waals surface area (Å²) >= 11 is 0. The zero-order valence-corrected chi connectivity index (χ0v) is 10.4. The Morgan fingerprint density at radius 1 is 1.28 bits per heavy atom. The Labute approximate surface area is 106 Å². The van der Waals surface area contributed by atoms with E-state index in [1.165, 1.54) is 6.07 Å². The molecule has 0 aliphatic rings. The third-order valence-corrected chi connectivity index (χ3v) is 2.46. The van der Waals surface area contributed by atoms with E-state index in [1.807, 2.05) is 14.0 Å². The minimum atomic E-state index is -0.368. The molecule has 1 heterocycles. The van der Waals surface area contributed by atoms with Gasteiger partial charge in [-0.25, -0.2) is 4.39 Å². The minimum absolute atomic E-state index is 0.233. The number of aromatic nitrogens is 1. The predicted molar refractivity (Wildman–Crippen MR) is 68.2 cm³/mol. The molecule has 1 aromatic carbocycles. The zero-order valence-electron chi connectivity index (χ0n) is 10.4. The van der Waals surface area contributed by atoms with Gasteiger partial charge in [-0.15, -0.1) is 0 Å². The van der Waals surface area contributed by atoms with Crippen LogP contribution in [0.3, 0.4) is 0 Å². The average Bonchev–Trinajstić information content (AvgIpc) is 2.35. The van der Waals surface area contributed by atoms with Crippen molar-refractivity contribution in [3.05, 3.63) is 53.6 Å². The van der Waals surface area contributed by atoms with E-state index in [-0.39, 0.29) is 11.6 Å². The number of hydrogen-bond acceptors (Lipinski definition) is 3. The molecule has 94 valence electrons. The van der Waals surface area contributed by atoms with Gasteiger partial charge in [0.05, 0.1) is 5.69 Å². The first-order valence-corrected chi connectivity index (χ1v) is 5.72. The van der Waals surface area contributed by atoms with Gasteiger partial charge in [-0.2, -0.15) is 0 Å². The number of pyridine rings is 1. The molecule has 0 saturated carbocycles. The van der Waals surface area contributed by atoms with Crippen LogP contribution in [0.1, 0.15) is 11.3 Å². The Kier molecular flexibility index (Phi) is 3.89. The molecule has 0 spiro atoms. The lowest BCUT2D eigenvalue weighted by atomic mass is 10.2. The van der Waals surface area contributed by atoms with Gasteiger partial charge >= 0.3 is 0 Å².